The van der Waals surface area contributed by atoms with Gasteiger partial charge in [0.2, 0.25) is 0 Å². The second kappa shape index (κ2) is 8.44. The van der Waals surface area contributed by atoms with Gasteiger partial charge in [-0.2, -0.15) is 5.10 Å². The van der Waals surface area contributed by atoms with Crippen molar-refractivity contribution < 1.29 is 9.59 Å². The molecule has 1 aliphatic rings. The number of aromatic amines is 1. The molecule has 3 amide bonds. The van der Waals surface area contributed by atoms with Gasteiger partial charge in [-0.1, -0.05) is 54.1 Å². The van der Waals surface area contributed by atoms with Gasteiger partial charge in [-0.05, 0) is 42.3 Å². The molecule has 1 aromatic heterocycles. The Hall–Kier alpha value is -4.10. The topological polar surface area (TPSA) is 98.9 Å². The third-order valence-electron chi connectivity index (χ3n) is 5.64. The number of allylic oxidation sites excluding steroid dienone is 1. The van der Waals surface area contributed by atoms with Crippen LogP contribution in [0.5, 0.6) is 0 Å². The zero-order valence-electron chi connectivity index (χ0n) is 17.6. The van der Waals surface area contributed by atoms with E-state index >= 15 is 0 Å². The zero-order valence-corrected chi connectivity index (χ0v) is 18.4. The highest BCUT2D eigenvalue weighted by Gasteiger charge is 2.31. The van der Waals surface area contributed by atoms with E-state index in [2.05, 4.69) is 26.1 Å². The number of anilines is 1. The third-order valence-corrected chi connectivity index (χ3v) is 5.97. The first-order valence-electron chi connectivity index (χ1n) is 10.4. The molecule has 4 aromatic rings. The minimum absolute atomic E-state index is 0.303. The van der Waals surface area contributed by atoms with Crippen molar-refractivity contribution in [2.24, 2.45) is 0 Å². The number of nitrogens with zero attached hydrogens (tertiary/aromatic N) is 1. The molecule has 0 saturated carbocycles. The third kappa shape index (κ3) is 4.06. The van der Waals surface area contributed by atoms with Crippen LogP contribution in [0.15, 0.2) is 84.2 Å². The Labute approximate surface area is 194 Å². The molecule has 0 fully saturated rings. The first-order valence-corrected chi connectivity index (χ1v) is 10.7. The van der Waals surface area contributed by atoms with Gasteiger partial charge in [0.05, 0.1) is 23.3 Å². The maximum absolute atomic E-state index is 13.3. The van der Waals surface area contributed by atoms with E-state index in [1.165, 1.54) is 0 Å². The summed E-state index contributed by atoms with van der Waals surface area (Å²) >= 11 is 6.32. The summed E-state index contributed by atoms with van der Waals surface area (Å²) in [6.07, 6.45) is 1.70. The average molecular weight is 458 g/mol. The lowest BCUT2D eigenvalue weighted by Gasteiger charge is -2.28. The average Bonchev–Trinajstić information content (AvgIpc) is 3.27. The summed E-state index contributed by atoms with van der Waals surface area (Å²) in [6.45, 7) is 1.72. The van der Waals surface area contributed by atoms with Crippen LogP contribution in [0.4, 0.5) is 10.5 Å². The van der Waals surface area contributed by atoms with Crippen molar-refractivity contribution in [1.29, 1.82) is 0 Å². The van der Waals surface area contributed by atoms with Crippen LogP contribution < -0.4 is 16.0 Å². The van der Waals surface area contributed by atoms with E-state index in [4.69, 9.17) is 11.6 Å². The molecule has 7 nitrogen and oxygen atoms in total. The molecule has 8 heteroatoms. The largest absolute Gasteiger partial charge is 0.327 e. The molecule has 33 heavy (non-hydrogen) atoms. The molecule has 0 aliphatic carbocycles. The molecule has 164 valence electrons. The standard InChI is InChI=1S/C25H20ClN5O2/c1-14-22(24(32)29-18-10-11-21-17(12-18)13-27-31-21)23(30-25(33)28-14)16-8-6-15(7-9-16)19-4-2-3-5-20(19)26/h2-13,23H,1H3,(H,27,31)(H,29,32)(H2,28,30,33). The molecule has 4 N–H and O–H groups in total. The summed E-state index contributed by atoms with van der Waals surface area (Å²) in [7, 11) is 0. The number of benzene rings is 3. The summed E-state index contributed by atoms with van der Waals surface area (Å²) in [4.78, 5) is 25.5. The maximum atomic E-state index is 13.3. The summed E-state index contributed by atoms with van der Waals surface area (Å²) in [5.41, 5.74) is 5.11. The predicted molar refractivity (Wildman–Crippen MR) is 129 cm³/mol. The van der Waals surface area contributed by atoms with E-state index in [0.29, 0.717) is 22.0 Å². The van der Waals surface area contributed by atoms with Crippen LogP contribution >= 0.6 is 11.6 Å². The Morgan fingerprint density at radius 3 is 2.64 bits per heavy atom. The normalized spacial score (nSPS) is 15.8. The number of urea groups is 1. The molecular formula is C25H20ClN5O2. The van der Waals surface area contributed by atoms with Crippen LogP contribution in [0.2, 0.25) is 5.02 Å². The summed E-state index contributed by atoms with van der Waals surface area (Å²) in [6, 6.07) is 19.8. The first-order chi connectivity index (χ1) is 16.0. The fraction of sp³-hybridized carbons (Fsp3) is 0.0800. The quantitative estimate of drug-likeness (QED) is 0.341. The van der Waals surface area contributed by atoms with Crippen LogP contribution in [0.1, 0.15) is 18.5 Å². The summed E-state index contributed by atoms with van der Waals surface area (Å²) in [5.74, 6) is -0.303. The van der Waals surface area contributed by atoms with Crippen LogP contribution in [0.3, 0.4) is 0 Å². The Morgan fingerprint density at radius 1 is 1.06 bits per heavy atom. The number of aromatic nitrogens is 2. The van der Waals surface area contributed by atoms with Crippen LogP contribution in [-0.2, 0) is 4.79 Å². The monoisotopic (exact) mass is 457 g/mol. The van der Waals surface area contributed by atoms with Crippen LogP contribution in [-0.4, -0.2) is 22.1 Å². The van der Waals surface area contributed by atoms with Crippen molar-refractivity contribution in [1.82, 2.24) is 20.8 Å². The van der Waals surface area contributed by atoms with Crippen molar-refractivity contribution in [3.8, 4) is 11.1 Å². The highest BCUT2D eigenvalue weighted by atomic mass is 35.5. The lowest BCUT2D eigenvalue weighted by Crippen LogP contribution is -2.45. The number of hydrogen-bond donors (Lipinski definition) is 4. The Kier molecular flexibility index (Phi) is 5.32. The Morgan fingerprint density at radius 2 is 1.85 bits per heavy atom. The smallest absolute Gasteiger partial charge is 0.319 e. The highest BCUT2D eigenvalue weighted by molar-refractivity contribution is 6.33. The minimum atomic E-state index is -0.600. The van der Waals surface area contributed by atoms with E-state index in [1.54, 1.807) is 19.2 Å². The number of nitrogens with one attached hydrogen (secondary N) is 4. The van der Waals surface area contributed by atoms with Crippen LogP contribution in [0, 0.1) is 0 Å². The molecule has 0 saturated heterocycles. The predicted octanol–water partition coefficient (Wildman–Crippen LogP) is 5.15. The molecule has 5 rings (SSSR count). The minimum Gasteiger partial charge on any atom is -0.327 e. The first kappa shape index (κ1) is 20.8. The second-order valence-electron chi connectivity index (χ2n) is 7.80. The second-order valence-corrected chi connectivity index (χ2v) is 8.21. The molecule has 0 radical (unpaired) electrons. The number of fused-ring (bicyclic) bond motifs is 1. The lowest BCUT2D eigenvalue weighted by molar-refractivity contribution is -0.113. The van der Waals surface area contributed by atoms with E-state index in [1.807, 2.05) is 60.7 Å². The Bertz CT molecular complexity index is 1410. The molecule has 1 aliphatic heterocycles. The van der Waals surface area contributed by atoms with Gasteiger partial charge in [-0.25, -0.2) is 4.79 Å². The number of amides is 3. The van der Waals surface area contributed by atoms with E-state index in [9.17, 15) is 9.59 Å². The van der Waals surface area contributed by atoms with Gasteiger partial charge in [-0.15, -0.1) is 0 Å². The van der Waals surface area contributed by atoms with Crippen molar-refractivity contribution in [2.75, 3.05) is 5.32 Å². The molecule has 3 aromatic carbocycles. The summed E-state index contributed by atoms with van der Waals surface area (Å²) in [5, 5.41) is 16.9. The van der Waals surface area contributed by atoms with E-state index in [-0.39, 0.29) is 11.9 Å². The molecule has 2 heterocycles. The van der Waals surface area contributed by atoms with Gasteiger partial charge in [-0.3, -0.25) is 9.89 Å². The van der Waals surface area contributed by atoms with Gasteiger partial charge < -0.3 is 16.0 Å². The number of carbonyl (C=O) groups excluding carboxylic acids is 2. The fourth-order valence-corrected chi connectivity index (χ4v) is 4.26. The van der Waals surface area contributed by atoms with Gasteiger partial charge >= 0.3 is 6.03 Å². The van der Waals surface area contributed by atoms with E-state index in [0.717, 1.165) is 27.6 Å². The molecule has 1 unspecified atom stereocenters. The number of halogens is 1. The molecular weight excluding hydrogens is 438 g/mol. The maximum Gasteiger partial charge on any atom is 0.319 e. The van der Waals surface area contributed by atoms with Gasteiger partial charge in [0.15, 0.2) is 0 Å². The van der Waals surface area contributed by atoms with Gasteiger partial charge in [0.1, 0.15) is 0 Å². The van der Waals surface area contributed by atoms with Crippen molar-refractivity contribution in [2.45, 2.75) is 13.0 Å². The fourth-order valence-electron chi connectivity index (χ4n) is 4.01. The van der Waals surface area contributed by atoms with Gasteiger partial charge in [0, 0.05) is 27.4 Å². The highest BCUT2D eigenvalue weighted by Crippen LogP contribution is 2.32. The van der Waals surface area contributed by atoms with Gasteiger partial charge in [0.25, 0.3) is 5.91 Å². The SMILES string of the molecule is CC1=C(C(=O)Nc2ccc3[nH]ncc3c2)C(c2ccc(-c3ccccc3Cl)cc2)NC(=O)N1. The zero-order chi connectivity index (χ0) is 22.9. The van der Waals surface area contributed by atoms with E-state index < -0.39 is 6.04 Å². The number of rotatable bonds is 4. The van der Waals surface area contributed by atoms with Crippen molar-refractivity contribution in [3.63, 3.8) is 0 Å². The Balaban J connectivity index is 1.45. The number of hydrogen-bond acceptors (Lipinski definition) is 3. The number of H-pyrrole nitrogens is 1. The molecule has 0 bridgehead atoms. The van der Waals surface area contributed by atoms with Crippen molar-refractivity contribution >= 4 is 40.1 Å². The lowest BCUT2D eigenvalue weighted by atomic mass is 9.93. The number of carbonyl (C=O) groups is 2. The molecule has 0 spiro atoms. The summed E-state index contributed by atoms with van der Waals surface area (Å²) < 4.78 is 0. The van der Waals surface area contributed by atoms with Crippen molar-refractivity contribution in [3.05, 3.63) is 94.8 Å². The molecule has 1 atom stereocenters. The van der Waals surface area contributed by atoms with Crippen LogP contribution in [0.25, 0.3) is 22.0 Å².